The highest BCUT2D eigenvalue weighted by molar-refractivity contribution is 7.80. The van der Waals surface area contributed by atoms with Gasteiger partial charge < -0.3 is 5.32 Å². The van der Waals surface area contributed by atoms with E-state index >= 15 is 0 Å². The zero-order chi connectivity index (χ0) is 14.7. The summed E-state index contributed by atoms with van der Waals surface area (Å²) in [5, 5.41) is 8.74. The molecule has 2 aromatic rings. The molecule has 1 N–H and O–H groups in total. The van der Waals surface area contributed by atoms with Crippen LogP contribution in [0.15, 0.2) is 65.8 Å². The maximum Gasteiger partial charge on any atom is 0.276 e. The molecule has 5 heteroatoms. The Morgan fingerprint density at radius 2 is 1.67 bits per heavy atom. The number of hydrogen-bond donors (Lipinski definition) is 1. The van der Waals surface area contributed by atoms with Crippen molar-refractivity contribution in [3.05, 3.63) is 71.8 Å². The van der Waals surface area contributed by atoms with E-state index in [-0.39, 0.29) is 5.91 Å². The van der Waals surface area contributed by atoms with Crippen LogP contribution in [-0.2, 0) is 4.79 Å². The largest absolute Gasteiger partial charge is 0.345 e. The molecule has 0 saturated carbocycles. The number of hydrazone groups is 1. The summed E-state index contributed by atoms with van der Waals surface area (Å²) < 4.78 is 0. The summed E-state index contributed by atoms with van der Waals surface area (Å²) in [5.41, 5.74) is 1.79. The molecule has 0 aromatic heterocycles. The fourth-order valence-electron chi connectivity index (χ4n) is 2.11. The van der Waals surface area contributed by atoms with Crippen LogP contribution in [0.25, 0.3) is 0 Å². The molecule has 104 valence electrons. The Labute approximate surface area is 128 Å². The van der Waals surface area contributed by atoms with Crippen LogP contribution in [0.3, 0.4) is 0 Å². The first kappa shape index (κ1) is 13.5. The second-order valence-corrected chi connectivity index (χ2v) is 4.99. The van der Waals surface area contributed by atoms with Crippen molar-refractivity contribution in [3.63, 3.8) is 0 Å². The number of benzene rings is 2. The van der Waals surface area contributed by atoms with E-state index in [4.69, 9.17) is 12.2 Å². The van der Waals surface area contributed by atoms with Crippen molar-refractivity contribution in [2.45, 2.75) is 6.04 Å². The van der Waals surface area contributed by atoms with Gasteiger partial charge in [-0.3, -0.25) is 4.79 Å². The summed E-state index contributed by atoms with van der Waals surface area (Å²) in [4.78, 5) is 12.4. The third-order valence-corrected chi connectivity index (χ3v) is 3.46. The number of rotatable bonds is 3. The lowest BCUT2D eigenvalue weighted by Gasteiger charge is -2.08. The Morgan fingerprint density at radius 1 is 1.05 bits per heavy atom. The van der Waals surface area contributed by atoms with Crippen LogP contribution in [0, 0.1) is 0 Å². The number of nitrogens with one attached hydrogen (secondary N) is 1. The fraction of sp³-hybridized carbons (Fsp3) is 0.0625. The van der Waals surface area contributed by atoms with E-state index in [9.17, 15) is 4.79 Å². The van der Waals surface area contributed by atoms with Gasteiger partial charge in [-0.2, -0.15) is 10.1 Å². The van der Waals surface area contributed by atoms with E-state index in [0.717, 1.165) is 11.1 Å². The molecule has 1 atom stereocenters. The predicted octanol–water partition coefficient (Wildman–Crippen LogP) is 2.48. The Balaban J connectivity index is 1.80. The Hall–Kier alpha value is -2.53. The standard InChI is InChI=1S/C16H13N3OS/c20-15-14(13-9-5-2-6-10-13)18-16(21)19(15)17-11-12-7-3-1-4-8-12/h1-11,14H,(H,18,21)/b17-11-/t14-/m1/s1. The normalized spacial score (nSPS) is 18.3. The quantitative estimate of drug-likeness (QED) is 0.699. The van der Waals surface area contributed by atoms with Crippen molar-refractivity contribution in [2.75, 3.05) is 0 Å². The minimum Gasteiger partial charge on any atom is -0.345 e. The van der Waals surface area contributed by atoms with E-state index in [1.54, 1.807) is 6.21 Å². The molecular weight excluding hydrogens is 282 g/mol. The van der Waals surface area contributed by atoms with Gasteiger partial charge >= 0.3 is 0 Å². The van der Waals surface area contributed by atoms with Crippen molar-refractivity contribution in [3.8, 4) is 0 Å². The first-order chi connectivity index (χ1) is 10.3. The summed E-state index contributed by atoms with van der Waals surface area (Å²) in [5.74, 6) is -0.168. The Bertz CT molecular complexity index is 685. The van der Waals surface area contributed by atoms with Crippen LogP contribution in [0.4, 0.5) is 0 Å². The van der Waals surface area contributed by atoms with Gasteiger partial charge in [0, 0.05) is 0 Å². The molecule has 21 heavy (non-hydrogen) atoms. The Kier molecular flexibility index (Phi) is 3.75. The van der Waals surface area contributed by atoms with Crippen molar-refractivity contribution in [2.24, 2.45) is 5.10 Å². The van der Waals surface area contributed by atoms with Crippen LogP contribution in [0.5, 0.6) is 0 Å². The SMILES string of the molecule is O=C1[C@@H](c2ccccc2)NC(=S)N1/N=C\c1ccccc1. The zero-order valence-corrected chi connectivity index (χ0v) is 12.0. The van der Waals surface area contributed by atoms with Crippen molar-refractivity contribution in [1.29, 1.82) is 0 Å². The van der Waals surface area contributed by atoms with E-state index in [0.29, 0.717) is 5.11 Å². The van der Waals surface area contributed by atoms with Crippen LogP contribution in [-0.4, -0.2) is 22.2 Å². The lowest BCUT2D eigenvalue weighted by molar-refractivity contribution is -0.127. The average molecular weight is 295 g/mol. The topological polar surface area (TPSA) is 44.7 Å². The van der Waals surface area contributed by atoms with Gasteiger partial charge in [-0.15, -0.1) is 0 Å². The number of thiocarbonyl (C=S) groups is 1. The molecule has 0 aliphatic carbocycles. The average Bonchev–Trinajstić information content (AvgIpc) is 2.82. The van der Waals surface area contributed by atoms with Gasteiger partial charge in [-0.1, -0.05) is 60.7 Å². The third kappa shape index (κ3) is 2.83. The second kappa shape index (κ2) is 5.85. The van der Waals surface area contributed by atoms with E-state index in [1.807, 2.05) is 60.7 Å². The van der Waals surface area contributed by atoms with E-state index < -0.39 is 6.04 Å². The van der Waals surface area contributed by atoms with Crippen LogP contribution < -0.4 is 5.32 Å². The van der Waals surface area contributed by atoms with Crippen LogP contribution >= 0.6 is 12.2 Å². The lowest BCUT2D eigenvalue weighted by Crippen LogP contribution is -2.25. The van der Waals surface area contributed by atoms with Gasteiger partial charge in [-0.25, -0.2) is 0 Å². The van der Waals surface area contributed by atoms with E-state index in [2.05, 4.69) is 10.4 Å². The second-order valence-electron chi connectivity index (χ2n) is 4.60. The molecule has 2 aromatic carbocycles. The van der Waals surface area contributed by atoms with Crippen molar-refractivity contribution >= 4 is 29.5 Å². The molecule has 0 radical (unpaired) electrons. The Morgan fingerprint density at radius 3 is 2.33 bits per heavy atom. The van der Waals surface area contributed by atoms with Gasteiger partial charge in [-0.05, 0) is 23.3 Å². The molecule has 0 spiro atoms. The van der Waals surface area contributed by atoms with Gasteiger partial charge in [0.25, 0.3) is 5.91 Å². The molecular formula is C16H13N3OS. The summed E-state index contributed by atoms with van der Waals surface area (Å²) in [7, 11) is 0. The highest BCUT2D eigenvalue weighted by Crippen LogP contribution is 2.21. The summed E-state index contributed by atoms with van der Waals surface area (Å²) >= 11 is 5.19. The van der Waals surface area contributed by atoms with Gasteiger partial charge in [0.2, 0.25) is 0 Å². The van der Waals surface area contributed by atoms with Crippen molar-refractivity contribution in [1.82, 2.24) is 10.3 Å². The van der Waals surface area contributed by atoms with Gasteiger partial charge in [0.15, 0.2) is 5.11 Å². The molecule has 1 aliphatic rings. The smallest absolute Gasteiger partial charge is 0.276 e. The third-order valence-electron chi connectivity index (χ3n) is 3.17. The first-order valence-corrected chi connectivity index (χ1v) is 6.95. The number of carbonyl (C=O) groups is 1. The molecule has 1 saturated heterocycles. The van der Waals surface area contributed by atoms with Gasteiger partial charge in [0.1, 0.15) is 6.04 Å². The van der Waals surface area contributed by atoms with Crippen LogP contribution in [0.1, 0.15) is 17.2 Å². The fourth-order valence-corrected chi connectivity index (χ4v) is 2.37. The molecule has 1 amide bonds. The summed E-state index contributed by atoms with van der Waals surface area (Å²) in [6.07, 6.45) is 1.62. The minimum absolute atomic E-state index is 0.168. The van der Waals surface area contributed by atoms with Gasteiger partial charge in [0.05, 0.1) is 6.21 Å². The maximum atomic E-state index is 12.4. The zero-order valence-electron chi connectivity index (χ0n) is 11.1. The first-order valence-electron chi connectivity index (χ1n) is 6.54. The predicted molar refractivity (Wildman–Crippen MR) is 85.8 cm³/mol. The molecule has 1 aliphatic heterocycles. The molecule has 0 unspecified atom stereocenters. The molecule has 1 heterocycles. The van der Waals surface area contributed by atoms with Crippen molar-refractivity contribution < 1.29 is 4.79 Å². The number of nitrogens with zero attached hydrogens (tertiary/aromatic N) is 2. The summed E-state index contributed by atoms with van der Waals surface area (Å²) in [6.45, 7) is 0. The highest BCUT2D eigenvalue weighted by atomic mass is 32.1. The number of hydrogen-bond acceptors (Lipinski definition) is 3. The minimum atomic E-state index is -0.466. The molecule has 4 nitrogen and oxygen atoms in total. The van der Waals surface area contributed by atoms with Crippen LogP contribution in [0.2, 0.25) is 0 Å². The number of amides is 1. The molecule has 0 bridgehead atoms. The molecule has 1 fully saturated rings. The monoisotopic (exact) mass is 295 g/mol. The number of carbonyl (C=O) groups excluding carboxylic acids is 1. The highest BCUT2D eigenvalue weighted by Gasteiger charge is 2.36. The molecule has 3 rings (SSSR count). The maximum absolute atomic E-state index is 12.4. The lowest BCUT2D eigenvalue weighted by atomic mass is 10.1. The van der Waals surface area contributed by atoms with E-state index in [1.165, 1.54) is 5.01 Å². The summed E-state index contributed by atoms with van der Waals surface area (Å²) in [6, 6.07) is 18.6.